The molecule has 0 atom stereocenters. The third kappa shape index (κ3) is 3.80. The third-order valence-electron chi connectivity index (χ3n) is 4.67. The van der Waals surface area contributed by atoms with Crippen LogP contribution in [0.1, 0.15) is 29.8 Å². The van der Waals surface area contributed by atoms with Gasteiger partial charge >= 0.3 is 0 Å². The molecule has 0 unspecified atom stereocenters. The van der Waals surface area contributed by atoms with Gasteiger partial charge in [0, 0.05) is 25.7 Å². The van der Waals surface area contributed by atoms with Crippen LogP contribution in [-0.2, 0) is 17.1 Å². The molecule has 3 rings (SSSR count). The molecule has 3 aromatic rings. The summed E-state index contributed by atoms with van der Waals surface area (Å²) in [6.07, 6.45) is 0. The number of nitrogens with zero attached hydrogens (tertiary/aromatic N) is 3. The summed E-state index contributed by atoms with van der Waals surface area (Å²) in [5.41, 5.74) is 2.51. The van der Waals surface area contributed by atoms with Crippen molar-refractivity contribution < 1.29 is 13.2 Å². The lowest BCUT2D eigenvalue weighted by atomic mass is 10.2. The van der Waals surface area contributed by atoms with Gasteiger partial charge in [-0.3, -0.25) is 4.79 Å². The number of fused-ring (bicyclic) bond motifs is 1. The number of sulfonamides is 1. The molecule has 0 radical (unpaired) electrons. The number of aryl methyl sites for hydroxylation is 2. The van der Waals surface area contributed by atoms with E-state index in [1.54, 1.807) is 13.8 Å². The van der Waals surface area contributed by atoms with Gasteiger partial charge in [0.1, 0.15) is 0 Å². The first kappa shape index (κ1) is 20.4. The first-order valence-corrected chi connectivity index (χ1v) is 11.1. The van der Waals surface area contributed by atoms with Crippen molar-refractivity contribution in [2.45, 2.75) is 31.7 Å². The summed E-state index contributed by atoms with van der Waals surface area (Å²) in [6, 6.07) is 11.8. The van der Waals surface area contributed by atoms with E-state index in [1.165, 1.54) is 47.0 Å². The standard InChI is InChI=1S/C20H23N3O3S2/c1-13(2)23(5)28(25,26)16-9-7-15(8-10-16)19(24)21-20-22(4)17-11-6-14(3)12-18(17)27-20/h6-13H,1-5H3. The van der Waals surface area contributed by atoms with E-state index in [9.17, 15) is 13.2 Å². The van der Waals surface area contributed by atoms with E-state index in [1.807, 2.05) is 30.7 Å². The smallest absolute Gasteiger partial charge is 0.279 e. The minimum atomic E-state index is -3.58. The predicted molar refractivity (Wildman–Crippen MR) is 112 cm³/mol. The second kappa shape index (κ2) is 7.62. The monoisotopic (exact) mass is 417 g/mol. The van der Waals surface area contributed by atoms with Gasteiger partial charge in [-0.15, -0.1) is 0 Å². The minimum absolute atomic E-state index is 0.155. The van der Waals surface area contributed by atoms with E-state index in [0.717, 1.165) is 15.8 Å². The van der Waals surface area contributed by atoms with Gasteiger partial charge in [0.25, 0.3) is 5.91 Å². The van der Waals surface area contributed by atoms with E-state index in [0.29, 0.717) is 10.4 Å². The average molecular weight is 418 g/mol. The van der Waals surface area contributed by atoms with Crippen LogP contribution in [-0.4, -0.2) is 36.3 Å². The number of rotatable bonds is 4. The zero-order valence-corrected chi connectivity index (χ0v) is 18.1. The topological polar surface area (TPSA) is 71.7 Å². The maximum absolute atomic E-state index is 12.6. The highest BCUT2D eigenvalue weighted by Crippen LogP contribution is 2.19. The van der Waals surface area contributed by atoms with Gasteiger partial charge in [0.2, 0.25) is 10.0 Å². The largest absolute Gasteiger partial charge is 0.319 e. The third-order valence-corrected chi connectivity index (χ3v) is 7.81. The lowest BCUT2D eigenvalue weighted by molar-refractivity contribution is 0.0998. The Labute approximate surface area is 168 Å². The molecule has 0 aliphatic rings. The summed E-state index contributed by atoms with van der Waals surface area (Å²) in [6.45, 7) is 5.63. The van der Waals surface area contributed by atoms with Crippen LogP contribution in [0.25, 0.3) is 10.2 Å². The molecule has 0 N–H and O–H groups in total. The Morgan fingerprint density at radius 2 is 1.79 bits per heavy atom. The van der Waals surface area contributed by atoms with Crippen molar-refractivity contribution in [3.05, 3.63) is 58.4 Å². The summed E-state index contributed by atoms with van der Waals surface area (Å²) >= 11 is 1.45. The summed E-state index contributed by atoms with van der Waals surface area (Å²) in [5.74, 6) is -0.403. The first-order valence-electron chi connectivity index (χ1n) is 8.84. The van der Waals surface area contributed by atoms with Crippen molar-refractivity contribution >= 4 is 37.5 Å². The highest BCUT2D eigenvalue weighted by molar-refractivity contribution is 7.89. The Morgan fingerprint density at radius 1 is 1.14 bits per heavy atom. The number of aromatic nitrogens is 1. The van der Waals surface area contributed by atoms with E-state index < -0.39 is 15.9 Å². The van der Waals surface area contributed by atoms with Gasteiger partial charge in [-0.2, -0.15) is 9.30 Å². The summed E-state index contributed by atoms with van der Waals surface area (Å²) in [5, 5.41) is 0. The number of carbonyl (C=O) groups is 1. The molecule has 1 amide bonds. The maximum Gasteiger partial charge on any atom is 0.279 e. The van der Waals surface area contributed by atoms with E-state index in [-0.39, 0.29) is 10.9 Å². The second-order valence-corrected chi connectivity index (χ2v) is 9.98. The first-order chi connectivity index (χ1) is 13.1. The lowest BCUT2D eigenvalue weighted by Crippen LogP contribution is -2.33. The molecule has 1 heterocycles. The van der Waals surface area contributed by atoms with Crippen LogP contribution in [0, 0.1) is 6.92 Å². The van der Waals surface area contributed by atoms with Gasteiger partial charge in [-0.1, -0.05) is 17.4 Å². The van der Waals surface area contributed by atoms with Crippen molar-refractivity contribution in [1.29, 1.82) is 0 Å². The van der Waals surface area contributed by atoms with Crippen LogP contribution in [0.3, 0.4) is 0 Å². The summed E-state index contributed by atoms with van der Waals surface area (Å²) < 4.78 is 29.3. The fourth-order valence-electron chi connectivity index (χ4n) is 2.71. The highest BCUT2D eigenvalue weighted by Gasteiger charge is 2.23. The fraction of sp³-hybridized carbons (Fsp3) is 0.300. The molecule has 6 nitrogen and oxygen atoms in total. The van der Waals surface area contributed by atoms with Gasteiger partial charge in [0.05, 0.1) is 15.1 Å². The van der Waals surface area contributed by atoms with Gasteiger partial charge in [-0.25, -0.2) is 8.42 Å². The van der Waals surface area contributed by atoms with Gasteiger partial charge in [0.15, 0.2) is 4.80 Å². The molecule has 0 aliphatic heterocycles. The summed E-state index contributed by atoms with van der Waals surface area (Å²) in [7, 11) is -0.166. The zero-order chi connectivity index (χ0) is 20.6. The number of benzene rings is 2. The van der Waals surface area contributed by atoms with E-state index >= 15 is 0 Å². The molecule has 0 bridgehead atoms. The fourth-order valence-corrected chi connectivity index (χ4v) is 5.20. The van der Waals surface area contributed by atoms with Crippen LogP contribution >= 0.6 is 11.3 Å². The average Bonchev–Trinajstić information content (AvgIpc) is 2.95. The van der Waals surface area contributed by atoms with Crippen LogP contribution in [0.5, 0.6) is 0 Å². The van der Waals surface area contributed by atoms with Crippen molar-refractivity contribution in [2.24, 2.45) is 12.0 Å². The molecule has 2 aromatic carbocycles. The molecule has 1 aromatic heterocycles. The predicted octanol–water partition coefficient (Wildman–Crippen LogP) is 3.32. The Balaban J connectivity index is 1.94. The number of thiazole rings is 1. The Kier molecular flexibility index (Phi) is 5.56. The van der Waals surface area contributed by atoms with Crippen molar-refractivity contribution in [3.63, 3.8) is 0 Å². The minimum Gasteiger partial charge on any atom is -0.319 e. The van der Waals surface area contributed by atoms with Crippen LogP contribution in [0.2, 0.25) is 0 Å². The molecule has 0 saturated carbocycles. The Bertz CT molecular complexity index is 1200. The van der Waals surface area contributed by atoms with Gasteiger partial charge < -0.3 is 4.57 Å². The van der Waals surface area contributed by atoms with E-state index in [4.69, 9.17) is 0 Å². The van der Waals surface area contributed by atoms with Crippen molar-refractivity contribution in [3.8, 4) is 0 Å². The molecule has 0 saturated heterocycles. The van der Waals surface area contributed by atoms with Crippen LogP contribution < -0.4 is 4.80 Å². The van der Waals surface area contributed by atoms with Crippen LogP contribution in [0.4, 0.5) is 0 Å². The van der Waals surface area contributed by atoms with Gasteiger partial charge in [-0.05, 0) is 62.7 Å². The Morgan fingerprint density at radius 3 is 2.39 bits per heavy atom. The molecular weight excluding hydrogens is 394 g/mol. The lowest BCUT2D eigenvalue weighted by Gasteiger charge is -2.20. The molecular formula is C20H23N3O3S2. The van der Waals surface area contributed by atoms with Crippen molar-refractivity contribution in [2.75, 3.05) is 7.05 Å². The van der Waals surface area contributed by atoms with Crippen molar-refractivity contribution in [1.82, 2.24) is 8.87 Å². The number of amides is 1. The highest BCUT2D eigenvalue weighted by atomic mass is 32.2. The molecule has 0 aliphatic carbocycles. The molecule has 0 fully saturated rings. The number of hydrogen-bond acceptors (Lipinski definition) is 4. The molecule has 28 heavy (non-hydrogen) atoms. The molecule has 8 heteroatoms. The molecule has 0 spiro atoms. The SMILES string of the molecule is Cc1ccc2c(c1)sc(=NC(=O)c1ccc(S(=O)(=O)N(C)C(C)C)cc1)n2C. The number of carbonyl (C=O) groups excluding carboxylic acids is 1. The Hall–Kier alpha value is -2.29. The summed E-state index contributed by atoms with van der Waals surface area (Å²) in [4.78, 5) is 17.6. The molecule has 148 valence electrons. The van der Waals surface area contributed by atoms with E-state index in [2.05, 4.69) is 11.1 Å². The number of hydrogen-bond donors (Lipinski definition) is 0. The second-order valence-electron chi connectivity index (χ2n) is 6.97. The normalized spacial score (nSPS) is 13.0. The zero-order valence-electron chi connectivity index (χ0n) is 16.5. The maximum atomic E-state index is 12.6. The quantitative estimate of drug-likeness (QED) is 0.654. The van der Waals surface area contributed by atoms with Crippen LogP contribution in [0.15, 0.2) is 52.4 Å².